The summed E-state index contributed by atoms with van der Waals surface area (Å²) < 4.78 is 1.66. The first kappa shape index (κ1) is 5.50. The molecule has 0 fully saturated rings. The van der Waals surface area contributed by atoms with Gasteiger partial charge in [-0.15, -0.1) is 0 Å². The first-order valence-corrected chi connectivity index (χ1v) is 3.88. The average Bonchev–Trinajstić information content (AvgIpc) is 2.35. The van der Waals surface area contributed by atoms with Crippen molar-refractivity contribution in [2.75, 3.05) is 0 Å². The van der Waals surface area contributed by atoms with E-state index >= 15 is 0 Å². The molecule has 2 aliphatic heterocycles. The van der Waals surface area contributed by atoms with Crippen LogP contribution in [-0.4, -0.2) is 14.8 Å². The van der Waals surface area contributed by atoms with E-state index in [0.717, 1.165) is 0 Å². The Kier molecular flexibility index (Phi) is 1.13. The molecule has 0 aromatic carbocycles. The third kappa shape index (κ3) is 0.721. The quantitative estimate of drug-likeness (QED) is 0.499. The maximum Gasteiger partial charge on any atom is 0.172 e. The van der Waals surface area contributed by atoms with Gasteiger partial charge in [0.15, 0.2) is 5.50 Å². The van der Waals surface area contributed by atoms with Gasteiger partial charge in [-0.3, -0.25) is 4.42 Å². The average molecular weight is 161 g/mol. The van der Waals surface area contributed by atoms with Crippen LogP contribution in [0.5, 0.6) is 0 Å². The molecule has 1 atom stereocenters. The lowest BCUT2D eigenvalue weighted by Crippen LogP contribution is -2.22. The Balaban J connectivity index is 2.22. The van der Waals surface area contributed by atoms with E-state index in [1.54, 1.807) is 16.2 Å². The van der Waals surface area contributed by atoms with Crippen molar-refractivity contribution in [1.29, 1.82) is 0 Å². The van der Waals surface area contributed by atoms with Crippen molar-refractivity contribution in [2.45, 2.75) is 5.50 Å². The lowest BCUT2D eigenvalue weighted by Gasteiger charge is -2.17. The van der Waals surface area contributed by atoms with Crippen LogP contribution < -0.4 is 0 Å². The van der Waals surface area contributed by atoms with Crippen molar-refractivity contribution in [3.05, 3.63) is 24.0 Å². The van der Waals surface area contributed by atoms with E-state index in [1.165, 1.54) is 0 Å². The molecule has 0 amide bonds. The summed E-state index contributed by atoms with van der Waals surface area (Å²) in [5, 5.41) is 2.03. The topological polar surface area (TPSA) is 6.48 Å². The lowest BCUT2D eigenvalue weighted by molar-refractivity contribution is 0.403. The molecule has 1 unspecified atom stereocenters. The minimum Gasteiger partial charge on any atom is -0.322 e. The number of fused-ring (bicyclic) bond motifs is 1. The zero-order valence-corrected chi connectivity index (χ0v) is 6.14. The highest BCUT2D eigenvalue weighted by molar-refractivity contribution is 8.02. The summed E-state index contributed by atoms with van der Waals surface area (Å²) >= 11 is 7.46. The summed E-state index contributed by atoms with van der Waals surface area (Å²) in [6, 6.07) is 0. The standard InChI is InChI=1S/C5H5ClN2S/c6-8-2-1-7-3-4-9-5(7)8/h1-5H. The Bertz CT molecular complexity index is 180. The maximum atomic E-state index is 5.76. The Hall–Kier alpha value is -0.280. The Morgan fingerprint density at radius 2 is 2.22 bits per heavy atom. The van der Waals surface area contributed by atoms with E-state index in [4.69, 9.17) is 11.8 Å². The zero-order chi connectivity index (χ0) is 6.27. The number of halogens is 1. The van der Waals surface area contributed by atoms with Crippen LogP contribution in [0.4, 0.5) is 0 Å². The molecule has 9 heavy (non-hydrogen) atoms. The van der Waals surface area contributed by atoms with Gasteiger partial charge in [-0.25, -0.2) is 0 Å². The maximum absolute atomic E-state index is 5.76. The molecule has 0 aliphatic carbocycles. The molecule has 0 saturated carbocycles. The molecule has 0 aromatic heterocycles. The van der Waals surface area contributed by atoms with Crippen molar-refractivity contribution >= 4 is 23.5 Å². The van der Waals surface area contributed by atoms with E-state index in [9.17, 15) is 0 Å². The Morgan fingerprint density at radius 3 is 3.00 bits per heavy atom. The van der Waals surface area contributed by atoms with Crippen LogP contribution in [-0.2, 0) is 0 Å². The molecule has 0 saturated heterocycles. The molecule has 0 N–H and O–H groups in total. The van der Waals surface area contributed by atoms with Crippen LogP contribution in [0.15, 0.2) is 24.0 Å². The smallest absolute Gasteiger partial charge is 0.172 e. The van der Waals surface area contributed by atoms with Gasteiger partial charge < -0.3 is 4.90 Å². The molecule has 0 aromatic rings. The fraction of sp³-hybridized carbons (Fsp3) is 0.200. The van der Waals surface area contributed by atoms with E-state index in [2.05, 4.69) is 4.90 Å². The summed E-state index contributed by atoms with van der Waals surface area (Å²) in [6.45, 7) is 0. The van der Waals surface area contributed by atoms with Crippen LogP contribution in [0.25, 0.3) is 0 Å². The molecule has 48 valence electrons. The Labute approximate surface area is 62.9 Å². The van der Waals surface area contributed by atoms with Crippen LogP contribution >= 0.6 is 23.5 Å². The normalized spacial score (nSPS) is 30.1. The van der Waals surface area contributed by atoms with Crippen LogP contribution in [0.3, 0.4) is 0 Å². The molecule has 2 heterocycles. The summed E-state index contributed by atoms with van der Waals surface area (Å²) in [5.41, 5.74) is 0.270. The molecule has 0 radical (unpaired) electrons. The first-order valence-electron chi connectivity index (χ1n) is 2.60. The molecule has 0 spiro atoms. The van der Waals surface area contributed by atoms with Crippen LogP contribution in [0, 0.1) is 0 Å². The van der Waals surface area contributed by atoms with E-state index in [0.29, 0.717) is 0 Å². The van der Waals surface area contributed by atoms with Gasteiger partial charge in [-0.2, -0.15) is 0 Å². The van der Waals surface area contributed by atoms with Crippen molar-refractivity contribution in [3.8, 4) is 0 Å². The molecule has 2 rings (SSSR count). The molecule has 4 heteroatoms. The summed E-state index contributed by atoms with van der Waals surface area (Å²) in [7, 11) is 0. The largest absolute Gasteiger partial charge is 0.322 e. The van der Waals surface area contributed by atoms with E-state index in [1.807, 2.05) is 24.0 Å². The molecule has 0 bridgehead atoms. The summed E-state index contributed by atoms with van der Waals surface area (Å²) in [5.74, 6) is 0. The van der Waals surface area contributed by atoms with Gasteiger partial charge in [0.05, 0.1) is 0 Å². The monoisotopic (exact) mass is 160 g/mol. The lowest BCUT2D eigenvalue weighted by atomic mass is 10.8. The predicted octanol–water partition coefficient (Wildman–Crippen LogP) is 1.73. The van der Waals surface area contributed by atoms with Gasteiger partial charge in [-0.1, -0.05) is 11.8 Å². The number of thioether (sulfide) groups is 1. The SMILES string of the molecule is ClN1C=CN2C=CSC12. The summed E-state index contributed by atoms with van der Waals surface area (Å²) in [6.07, 6.45) is 5.81. The molecule has 2 aliphatic rings. The molecular weight excluding hydrogens is 156 g/mol. The fourth-order valence-corrected chi connectivity index (χ4v) is 1.95. The second kappa shape index (κ2) is 1.85. The van der Waals surface area contributed by atoms with Crippen molar-refractivity contribution in [3.63, 3.8) is 0 Å². The van der Waals surface area contributed by atoms with E-state index in [-0.39, 0.29) is 5.50 Å². The molecule has 2 nitrogen and oxygen atoms in total. The number of nitrogens with zero attached hydrogens (tertiary/aromatic N) is 2. The zero-order valence-electron chi connectivity index (χ0n) is 4.57. The molecular formula is C5H5ClN2S. The van der Waals surface area contributed by atoms with Crippen molar-refractivity contribution in [1.82, 2.24) is 9.32 Å². The Morgan fingerprint density at radius 1 is 1.33 bits per heavy atom. The first-order chi connectivity index (χ1) is 4.38. The third-order valence-corrected chi connectivity index (χ3v) is 2.69. The minimum atomic E-state index is 0.270. The van der Waals surface area contributed by atoms with Gasteiger partial charge in [0.1, 0.15) is 0 Å². The summed E-state index contributed by atoms with van der Waals surface area (Å²) in [4.78, 5) is 2.05. The van der Waals surface area contributed by atoms with Crippen molar-refractivity contribution in [2.24, 2.45) is 0 Å². The highest BCUT2D eigenvalue weighted by Crippen LogP contribution is 2.33. The van der Waals surface area contributed by atoms with Gasteiger partial charge in [0, 0.05) is 30.4 Å². The number of hydrogen-bond donors (Lipinski definition) is 0. The van der Waals surface area contributed by atoms with Gasteiger partial charge >= 0.3 is 0 Å². The van der Waals surface area contributed by atoms with Gasteiger partial charge in [0.2, 0.25) is 0 Å². The third-order valence-electron chi connectivity index (χ3n) is 1.28. The van der Waals surface area contributed by atoms with E-state index < -0.39 is 0 Å². The highest BCUT2D eigenvalue weighted by atomic mass is 35.5. The number of hydrogen-bond acceptors (Lipinski definition) is 3. The van der Waals surface area contributed by atoms with Crippen molar-refractivity contribution < 1.29 is 0 Å². The van der Waals surface area contributed by atoms with Gasteiger partial charge in [0.25, 0.3) is 0 Å². The fourth-order valence-electron chi connectivity index (χ4n) is 0.843. The number of rotatable bonds is 0. The van der Waals surface area contributed by atoms with Gasteiger partial charge in [-0.05, 0) is 5.41 Å². The second-order valence-corrected chi connectivity index (χ2v) is 3.19. The predicted molar refractivity (Wildman–Crippen MR) is 39.2 cm³/mol. The second-order valence-electron chi connectivity index (χ2n) is 1.84. The highest BCUT2D eigenvalue weighted by Gasteiger charge is 2.26. The van der Waals surface area contributed by atoms with Crippen LogP contribution in [0.1, 0.15) is 0 Å². The minimum absolute atomic E-state index is 0.270. The van der Waals surface area contributed by atoms with Crippen LogP contribution in [0.2, 0.25) is 0 Å².